The number of anilines is 1. The number of nitrogens with zero attached hydrogens (tertiary/aromatic N) is 4. The second-order valence-corrected chi connectivity index (χ2v) is 14.1. The van der Waals surface area contributed by atoms with Gasteiger partial charge in [-0.25, -0.2) is 8.78 Å². The van der Waals surface area contributed by atoms with Gasteiger partial charge in [0.1, 0.15) is 35.3 Å². The number of hydrogen-bond acceptors (Lipinski definition) is 9. The van der Waals surface area contributed by atoms with Crippen molar-refractivity contribution in [3.8, 4) is 41.0 Å². The van der Waals surface area contributed by atoms with E-state index in [0.717, 1.165) is 65.0 Å². The molecule has 0 radical (unpaired) electrons. The van der Waals surface area contributed by atoms with E-state index < -0.39 is 11.6 Å². The van der Waals surface area contributed by atoms with E-state index in [9.17, 15) is 5.11 Å². The van der Waals surface area contributed by atoms with E-state index in [2.05, 4.69) is 21.0 Å². The molecule has 9 rings (SSSR count). The van der Waals surface area contributed by atoms with Crippen molar-refractivity contribution in [1.82, 2.24) is 20.2 Å². The number of aromatic nitrogens is 2. The molecule has 0 spiro atoms. The maximum atomic E-state index is 17.1. The van der Waals surface area contributed by atoms with Crippen molar-refractivity contribution in [2.45, 2.75) is 50.2 Å². The number of terminal acetylenes is 1. The van der Waals surface area contributed by atoms with Crippen molar-refractivity contribution in [3.05, 3.63) is 47.5 Å². The van der Waals surface area contributed by atoms with Gasteiger partial charge in [-0.2, -0.15) is 9.97 Å². The van der Waals surface area contributed by atoms with Crippen LogP contribution in [0.3, 0.4) is 0 Å². The molecule has 0 amide bonds. The monoisotopic (exact) mass is 653 g/mol. The lowest BCUT2D eigenvalue weighted by Crippen LogP contribution is -2.60. The number of phenolic OH excluding ortho intramolecular Hbond substituents is 1. The smallest absolute Gasteiger partial charge is 0.319 e. The number of fused-ring (bicyclic) bond motifs is 6. The van der Waals surface area contributed by atoms with Gasteiger partial charge in [-0.1, -0.05) is 12.0 Å². The lowest BCUT2D eigenvalue weighted by Gasteiger charge is -2.40. The van der Waals surface area contributed by atoms with Crippen LogP contribution >= 0.6 is 0 Å². The highest BCUT2D eigenvalue weighted by Gasteiger charge is 2.46. The van der Waals surface area contributed by atoms with Gasteiger partial charge in [0, 0.05) is 61.2 Å². The van der Waals surface area contributed by atoms with Crippen molar-refractivity contribution in [2.24, 2.45) is 5.41 Å². The van der Waals surface area contributed by atoms with Crippen LogP contribution in [0.5, 0.6) is 17.5 Å². The third-order valence-electron chi connectivity index (χ3n) is 10.9. The molecule has 1 saturated carbocycles. The SMILES string of the molecule is C#Cc1c(F)ccc2cc(O)cc(-c3cc4c5c(nc(OCC6(CN7CCCOCC7)CC6)nc5c3F)N3C[C@H]5CC[C@H](N5)[C@H]3CO4)c12. The first-order valence-corrected chi connectivity index (χ1v) is 16.9. The molecule has 248 valence electrons. The van der Waals surface area contributed by atoms with Gasteiger partial charge in [-0.15, -0.1) is 6.42 Å². The highest BCUT2D eigenvalue weighted by molar-refractivity contribution is 6.06. The number of phenols is 1. The van der Waals surface area contributed by atoms with Gasteiger partial charge < -0.3 is 34.4 Å². The van der Waals surface area contributed by atoms with Gasteiger partial charge in [0.15, 0.2) is 5.82 Å². The van der Waals surface area contributed by atoms with E-state index in [1.165, 1.54) is 24.3 Å². The van der Waals surface area contributed by atoms with E-state index in [0.29, 0.717) is 53.5 Å². The molecule has 1 aliphatic carbocycles. The van der Waals surface area contributed by atoms with E-state index in [4.69, 9.17) is 30.6 Å². The minimum absolute atomic E-state index is 0.00168. The summed E-state index contributed by atoms with van der Waals surface area (Å²) in [5.41, 5.74) is 0.390. The van der Waals surface area contributed by atoms with Gasteiger partial charge in [-0.05, 0) is 67.3 Å². The summed E-state index contributed by atoms with van der Waals surface area (Å²) in [6.07, 6.45) is 10.9. The molecular weight excluding hydrogens is 616 g/mol. The van der Waals surface area contributed by atoms with Crippen LogP contribution in [0.4, 0.5) is 14.6 Å². The Bertz CT molecular complexity index is 1990. The predicted molar refractivity (Wildman–Crippen MR) is 178 cm³/mol. The number of aromatic hydroxyl groups is 1. The molecule has 3 aromatic carbocycles. The zero-order valence-electron chi connectivity index (χ0n) is 26.6. The minimum atomic E-state index is -0.646. The molecule has 3 atom stereocenters. The molecule has 0 unspecified atom stereocenters. The summed E-state index contributed by atoms with van der Waals surface area (Å²) in [6.45, 7) is 5.84. The first-order chi connectivity index (χ1) is 23.4. The summed E-state index contributed by atoms with van der Waals surface area (Å²) in [6, 6.07) is 7.90. The average molecular weight is 654 g/mol. The Kier molecular flexibility index (Phi) is 7.11. The number of ether oxygens (including phenoxy) is 3. The maximum Gasteiger partial charge on any atom is 0.319 e. The summed E-state index contributed by atoms with van der Waals surface area (Å²) in [5, 5.41) is 15.7. The Balaban J connectivity index is 1.18. The summed E-state index contributed by atoms with van der Waals surface area (Å²) in [5.74, 6) is 2.10. The van der Waals surface area contributed by atoms with Crippen LogP contribution in [0.1, 0.15) is 37.7 Å². The standard InChI is InChI=1S/C37H37F2N5O4/c1-2-24-27(38)6-4-21-14-23(45)15-25(31(21)24)26-16-30-32-34(33(26)39)41-36(48-20-37(8-9-37)19-43-10-3-12-46-13-11-43)42-35(32)44-17-22-5-7-28(40-22)29(44)18-47-30/h1,4,6,14-16,22,28-29,40,45H,3,5,7-13,17-20H2/t22-,28+,29-/m1/s1. The van der Waals surface area contributed by atoms with Gasteiger partial charge in [0.25, 0.3) is 0 Å². The van der Waals surface area contributed by atoms with E-state index in [1.54, 1.807) is 6.07 Å². The summed E-state index contributed by atoms with van der Waals surface area (Å²) >= 11 is 0. The molecule has 4 aromatic rings. The van der Waals surface area contributed by atoms with Crippen LogP contribution in [-0.4, -0.2) is 90.7 Å². The minimum Gasteiger partial charge on any atom is -0.508 e. The summed E-state index contributed by atoms with van der Waals surface area (Å²) in [4.78, 5) is 14.4. The van der Waals surface area contributed by atoms with E-state index in [-0.39, 0.29) is 51.5 Å². The summed E-state index contributed by atoms with van der Waals surface area (Å²) in [7, 11) is 0. The fraction of sp³-hybridized carbons (Fsp3) is 0.459. The Labute approximate surface area is 277 Å². The van der Waals surface area contributed by atoms with Crippen molar-refractivity contribution in [3.63, 3.8) is 0 Å². The lowest BCUT2D eigenvalue weighted by molar-refractivity contribution is 0.127. The van der Waals surface area contributed by atoms with Gasteiger partial charge in [-0.3, -0.25) is 0 Å². The average Bonchev–Trinajstić information content (AvgIpc) is 3.84. The van der Waals surface area contributed by atoms with Crippen LogP contribution < -0.4 is 19.7 Å². The molecule has 9 nitrogen and oxygen atoms in total. The second-order valence-electron chi connectivity index (χ2n) is 14.1. The highest BCUT2D eigenvalue weighted by atomic mass is 19.1. The Hall–Kier alpha value is -4.24. The maximum absolute atomic E-state index is 17.1. The van der Waals surface area contributed by atoms with Crippen molar-refractivity contribution in [1.29, 1.82) is 0 Å². The molecule has 5 heterocycles. The molecule has 11 heteroatoms. The molecule has 2 bridgehead atoms. The molecular formula is C37H37F2N5O4. The van der Waals surface area contributed by atoms with Gasteiger partial charge >= 0.3 is 6.01 Å². The predicted octanol–water partition coefficient (Wildman–Crippen LogP) is 5.00. The fourth-order valence-corrected chi connectivity index (χ4v) is 8.25. The normalized spacial score (nSPS) is 24.4. The fourth-order valence-electron chi connectivity index (χ4n) is 8.25. The van der Waals surface area contributed by atoms with E-state index >= 15 is 8.78 Å². The molecule has 4 fully saturated rings. The van der Waals surface area contributed by atoms with Gasteiger partial charge in [0.2, 0.25) is 0 Å². The number of hydrogen-bond donors (Lipinski definition) is 2. The molecule has 5 aliphatic rings. The number of piperazine rings is 1. The lowest BCUT2D eigenvalue weighted by atomic mass is 9.92. The number of benzene rings is 3. The van der Waals surface area contributed by atoms with Crippen LogP contribution in [0.15, 0.2) is 30.3 Å². The zero-order chi connectivity index (χ0) is 32.6. The van der Waals surface area contributed by atoms with Crippen LogP contribution in [0.2, 0.25) is 0 Å². The highest BCUT2D eigenvalue weighted by Crippen LogP contribution is 2.48. The van der Waals surface area contributed by atoms with E-state index in [1.807, 2.05) is 0 Å². The number of halogens is 2. The Morgan fingerprint density at radius 2 is 1.98 bits per heavy atom. The Morgan fingerprint density at radius 1 is 1.08 bits per heavy atom. The number of nitrogens with one attached hydrogen (secondary N) is 1. The Morgan fingerprint density at radius 3 is 2.83 bits per heavy atom. The van der Waals surface area contributed by atoms with Crippen molar-refractivity contribution in [2.75, 3.05) is 57.5 Å². The first kappa shape index (κ1) is 29.9. The first-order valence-electron chi connectivity index (χ1n) is 16.9. The van der Waals surface area contributed by atoms with Crippen LogP contribution in [0, 0.1) is 29.4 Å². The third kappa shape index (κ3) is 5.00. The molecule has 2 N–H and O–H groups in total. The van der Waals surface area contributed by atoms with Crippen molar-refractivity contribution < 1.29 is 28.1 Å². The third-order valence-corrected chi connectivity index (χ3v) is 10.9. The molecule has 1 aromatic heterocycles. The van der Waals surface area contributed by atoms with Crippen LogP contribution in [-0.2, 0) is 4.74 Å². The van der Waals surface area contributed by atoms with Crippen molar-refractivity contribution >= 4 is 27.5 Å². The molecule has 4 aliphatic heterocycles. The van der Waals surface area contributed by atoms with Crippen LogP contribution in [0.25, 0.3) is 32.8 Å². The topological polar surface area (TPSA) is 92.2 Å². The molecule has 3 saturated heterocycles. The summed E-state index contributed by atoms with van der Waals surface area (Å²) < 4.78 is 50.7. The number of rotatable bonds is 6. The second kappa shape index (κ2) is 11.4. The zero-order valence-corrected chi connectivity index (χ0v) is 26.6. The quantitative estimate of drug-likeness (QED) is 0.279. The van der Waals surface area contributed by atoms with Gasteiger partial charge in [0.05, 0.1) is 30.2 Å². The molecule has 48 heavy (non-hydrogen) atoms. The largest absolute Gasteiger partial charge is 0.508 e.